The summed E-state index contributed by atoms with van der Waals surface area (Å²) in [5.41, 5.74) is 1.04. The number of imide groups is 1. The van der Waals surface area contributed by atoms with Crippen LogP contribution in [0.1, 0.15) is 5.56 Å². The smallest absolute Gasteiger partial charge is 0.325 e. The number of piperazine rings is 1. The summed E-state index contributed by atoms with van der Waals surface area (Å²) in [5.74, 6) is 0.563. The molecule has 3 amide bonds. The van der Waals surface area contributed by atoms with Crippen LogP contribution in [0, 0.1) is 0 Å². The van der Waals surface area contributed by atoms with E-state index in [0.717, 1.165) is 37.7 Å². The van der Waals surface area contributed by atoms with Crippen molar-refractivity contribution in [1.82, 2.24) is 25.1 Å². The summed E-state index contributed by atoms with van der Waals surface area (Å²) < 4.78 is 0. The third kappa shape index (κ3) is 3.90. The molecule has 1 N–H and O–H groups in total. The van der Waals surface area contributed by atoms with E-state index in [0.29, 0.717) is 13.1 Å². The highest BCUT2D eigenvalue weighted by Gasteiger charge is 2.39. The average Bonchev–Trinajstić information content (AvgIpc) is 2.97. The van der Waals surface area contributed by atoms with Crippen LogP contribution < -0.4 is 10.2 Å². The van der Waals surface area contributed by atoms with Gasteiger partial charge in [-0.15, -0.1) is 0 Å². The molecule has 0 bridgehead atoms. The Morgan fingerprint density at radius 3 is 2.37 bits per heavy atom. The first kappa shape index (κ1) is 17.4. The molecule has 1 aromatic heterocycles. The largest absolute Gasteiger partial charge is 0.338 e. The number of amides is 3. The van der Waals surface area contributed by atoms with Crippen LogP contribution in [0.4, 0.5) is 10.7 Å². The molecule has 0 saturated carbocycles. The lowest BCUT2D eigenvalue weighted by atomic mass is 10.1. The number of carbonyl (C=O) groups excluding carboxylic acids is 2. The Kier molecular flexibility index (Phi) is 4.97. The Morgan fingerprint density at radius 2 is 1.67 bits per heavy atom. The molecule has 27 heavy (non-hydrogen) atoms. The Balaban J connectivity index is 1.32. The first-order chi connectivity index (χ1) is 13.2. The van der Waals surface area contributed by atoms with E-state index in [2.05, 4.69) is 25.1 Å². The summed E-state index contributed by atoms with van der Waals surface area (Å²) in [6, 6.07) is 10.7. The molecule has 4 rings (SSSR count). The van der Waals surface area contributed by atoms with Crippen LogP contribution in [-0.2, 0) is 11.2 Å². The van der Waals surface area contributed by atoms with Crippen LogP contribution >= 0.6 is 0 Å². The molecule has 1 aromatic carbocycles. The predicted octanol–water partition coefficient (Wildman–Crippen LogP) is 0.719. The average molecular weight is 366 g/mol. The zero-order chi connectivity index (χ0) is 18.6. The van der Waals surface area contributed by atoms with Crippen molar-refractivity contribution >= 4 is 17.9 Å². The molecule has 2 aromatic rings. The van der Waals surface area contributed by atoms with Gasteiger partial charge in [0.25, 0.3) is 5.91 Å². The lowest BCUT2D eigenvalue weighted by molar-refractivity contribution is -0.129. The van der Waals surface area contributed by atoms with Gasteiger partial charge in [-0.3, -0.25) is 9.69 Å². The van der Waals surface area contributed by atoms with Gasteiger partial charge in [-0.2, -0.15) is 0 Å². The van der Waals surface area contributed by atoms with Crippen molar-refractivity contribution in [2.45, 2.75) is 12.5 Å². The van der Waals surface area contributed by atoms with Crippen molar-refractivity contribution in [1.29, 1.82) is 0 Å². The van der Waals surface area contributed by atoms with E-state index in [1.807, 2.05) is 30.3 Å². The van der Waals surface area contributed by atoms with Crippen LogP contribution in [0.3, 0.4) is 0 Å². The molecule has 1 atom stereocenters. The second-order valence-corrected chi connectivity index (χ2v) is 6.75. The van der Waals surface area contributed by atoms with Crippen LogP contribution in [0.5, 0.6) is 0 Å². The zero-order valence-corrected chi connectivity index (χ0v) is 15.0. The van der Waals surface area contributed by atoms with Crippen LogP contribution in [0.15, 0.2) is 48.8 Å². The van der Waals surface area contributed by atoms with E-state index in [4.69, 9.17) is 0 Å². The van der Waals surface area contributed by atoms with Crippen molar-refractivity contribution < 1.29 is 9.59 Å². The van der Waals surface area contributed by atoms with Gasteiger partial charge in [0.05, 0.1) is 6.67 Å². The van der Waals surface area contributed by atoms with E-state index in [1.165, 1.54) is 4.90 Å². The molecule has 2 aliphatic heterocycles. The fraction of sp³-hybridized carbons (Fsp3) is 0.368. The summed E-state index contributed by atoms with van der Waals surface area (Å²) >= 11 is 0. The molecule has 8 heteroatoms. The van der Waals surface area contributed by atoms with Crippen molar-refractivity contribution in [3.8, 4) is 0 Å². The number of nitrogens with zero attached hydrogens (tertiary/aromatic N) is 5. The molecule has 2 fully saturated rings. The number of aromatic nitrogens is 2. The Labute approximate surface area is 157 Å². The molecule has 2 saturated heterocycles. The minimum absolute atomic E-state index is 0.155. The van der Waals surface area contributed by atoms with Gasteiger partial charge >= 0.3 is 6.03 Å². The van der Waals surface area contributed by atoms with E-state index in [9.17, 15) is 9.59 Å². The van der Waals surface area contributed by atoms with Gasteiger partial charge in [0.1, 0.15) is 6.04 Å². The van der Waals surface area contributed by atoms with E-state index < -0.39 is 6.04 Å². The topological polar surface area (TPSA) is 81.7 Å². The maximum Gasteiger partial charge on any atom is 0.325 e. The number of anilines is 1. The maximum absolute atomic E-state index is 12.7. The number of carbonyl (C=O) groups is 2. The lowest BCUT2D eigenvalue weighted by Crippen LogP contribution is -2.51. The zero-order valence-electron chi connectivity index (χ0n) is 15.0. The number of urea groups is 1. The highest BCUT2D eigenvalue weighted by molar-refractivity contribution is 6.04. The van der Waals surface area contributed by atoms with Crippen LogP contribution in [0.25, 0.3) is 0 Å². The van der Waals surface area contributed by atoms with E-state index in [-0.39, 0.29) is 11.9 Å². The summed E-state index contributed by atoms with van der Waals surface area (Å²) in [6.07, 6.45) is 3.98. The molecular weight excluding hydrogens is 344 g/mol. The second-order valence-electron chi connectivity index (χ2n) is 6.75. The maximum atomic E-state index is 12.7. The lowest BCUT2D eigenvalue weighted by Gasteiger charge is -2.35. The standard InChI is InChI=1S/C19H22N6O2/c26-17-16(13-15-5-2-1-3-6-15)22-19(27)25(17)14-23-9-11-24(12-10-23)18-20-7-4-8-21-18/h1-8,16H,9-14H2,(H,22,27)/t16-/m1/s1. The molecule has 0 radical (unpaired) electrons. The van der Waals surface area contributed by atoms with Gasteiger partial charge in [-0.1, -0.05) is 30.3 Å². The van der Waals surface area contributed by atoms with Gasteiger partial charge in [0, 0.05) is 45.0 Å². The highest BCUT2D eigenvalue weighted by atomic mass is 16.2. The quantitative estimate of drug-likeness (QED) is 0.786. The van der Waals surface area contributed by atoms with Gasteiger partial charge in [0.2, 0.25) is 5.95 Å². The predicted molar refractivity (Wildman–Crippen MR) is 100.0 cm³/mol. The monoisotopic (exact) mass is 366 g/mol. The minimum Gasteiger partial charge on any atom is -0.338 e. The number of rotatable bonds is 5. The molecule has 140 valence electrons. The van der Waals surface area contributed by atoms with Gasteiger partial charge < -0.3 is 10.2 Å². The van der Waals surface area contributed by atoms with E-state index >= 15 is 0 Å². The van der Waals surface area contributed by atoms with Crippen LogP contribution in [-0.4, -0.2) is 70.6 Å². The summed E-state index contributed by atoms with van der Waals surface area (Å²) in [7, 11) is 0. The highest BCUT2D eigenvalue weighted by Crippen LogP contribution is 2.15. The summed E-state index contributed by atoms with van der Waals surface area (Å²) in [5, 5.41) is 2.81. The molecule has 2 aliphatic rings. The molecule has 0 unspecified atom stereocenters. The minimum atomic E-state index is -0.487. The fourth-order valence-electron chi connectivity index (χ4n) is 3.44. The number of hydrogen-bond donors (Lipinski definition) is 1. The first-order valence-electron chi connectivity index (χ1n) is 9.11. The van der Waals surface area contributed by atoms with Gasteiger partial charge in [-0.05, 0) is 11.6 Å². The fourth-order valence-corrected chi connectivity index (χ4v) is 3.44. The molecule has 3 heterocycles. The normalized spacial score (nSPS) is 20.8. The third-order valence-corrected chi connectivity index (χ3v) is 4.94. The molecule has 0 aliphatic carbocycles. The number of benzene rings is 1. The van der Waals surface area contributed by atoms with E-state index in [1.54, 1.807) is 18.5 Å². The van der Waals surface area contributed by atoms with Crippen LogP contribution in [0.2, 0.25) is 0 Å². The van der Waals surface area contributed by atoms with Gasteiger partial charge in [-0.25, -0.2) is 19.7 Å². The molecule has 0 spiro atoms. The molecular formula is C19H22N6O2. The van der Waals surface area contributed by atoms with Crippen molar-refractivity contribution in [2.75, 3.05) is 37.7 Å². The molecule has 8 nitrogen and oxygen atoms in total. The van der Waals surface area contributed by atoms with Crippen molar-refractivity contribution in [3.63, 3.8) is 0 Å². The Morgan fingerprint density at radius 1 is 0.963 bits per heavy atom. The second kappa shape index (κ2) is 7.71. The summed E-state index contributed by atoms with van der Waals surface area (Å²) in [4.78, 5) is 39.0. The SMILES string of the molecule is O=C1N[C@H](Cc2ccccc2)C(=O)N1CN1CCN(c2ncccn2)CC1. The number of hydrogen-bond acceptors (Lipinski definition) is 6. The Hall–Kier alpha value is -3.00. The van der Waals surface area contributed by atoms with Gasteiger partial charge in [0.15, 0.2) is 0 Å². The van der Waals surface area contributed by atoms with Crippen molar-refractivity contribution in [3.05, 3.63) is 54.4 Å². The summed E-state index contributed by atoms with van der Waals surface area (Å²) in [6.45, 7) is 3.35. The third-order valence-electron chi connectivity index (χ3n) is 4.94. The first-order valence-corrected chi connectivity index (χ1v) is 9.11. The van der Waals surface area contributed by atoms with Crippen molar-refractivity contribution in [2.24, 2.45) is 0 Å². The number of nitrogens with one attached hydrogen (secondary N) is 1. The Bertz CT molecular complexity index is 792.